The molecule has 0 aromatic carbocycles. The molecule has 0 heterocycles. The molecule has 1 fully saturated rings. The first-order valence-corrected chi connectivity index (χ1v) is 6.80. The van der Waals surface area contributed by atoms with Crippen LogP contribution in [0.3, 0.4) is 0 Å². The second-order valence-corrected chi connectivity index (χ2v) is 5.08. The molecule has 3 atom stereocenters. The minimum Gasteiger partial charge on any atom is -0.480 e. The fraction of sp³-hybridized carbons (Fsp3) is 0.800. The van der Waals surface area contributed by atoms with Crippen molar-refractivity contribution in [1.82, 2.24) is 10.6 Å². The van der Waals surface area contributed by atoms with Gasteiger partial charge in [0, 0.05) is 11.3 Å². The number of carbonyl (C=O) groups excluding carboxylic acids is 1. The number of hydrogen-bond acceptors (Lipinski definition) is 4. The van der Waals surface area contributed by atoms with Crippen molar-refractivity contribution in [2.45, 2.75) is 36.6 Å². The monoisotopic (exact) mass is 262 g/mol. The van der Waals surface area contributed by atoms with E-state index < -0.39 is 24.6 Å². The third kappa shape index (κ3) is 4.08. The normalized spacial score (nSPS) is 25.3. The summed E-state index contributed by atoms with van der Waals surface area (Å²) in [6.45, 7) is -0.612. The third-order valence-electron chi connectivity index (χ3n) is 2.86. The van der Waals surface area contributed by atoms with Crippen LogP contribution in [-0.4, -0.2) is 52.4 Å². The van der Waals surface area contributed by atoms with Crippen molar-refractivity contribution >= 4 is 23.8 Å². The molecule has 0 bridgehead atoms. The predicted octanol–water partition coefficient (Wildman–Crippen LogP) is 0.0152. The number of aliphatic hydroxyl groups is 1. The smallest absolute Gasteiger partial charge is 0.328 e. The molecule has 6 nitrogen and oxygen atoms in total. The summed E-state index contributed by atoms with van der Waals surface area (Å²) in [6.07, 6.45) is 5.04. The molecule has 4 N–H and O–H groups in total. The van der Waals surface area contributed by atoms with E-state index in [4.69, 9.17) is 10.2 Å². The van der Waals surface area contributed by atoms with E-state index in [0.717, 1.165) is 19.3 Å². The van der Waals surface area contributed by atoms with Gasteiger partial charge in [0.1, 0.15) is 0 Å². The Kier molecular flexibility index (Phi) is 5.57. The Labute approximate surface area is 104 Å². The predicted molar refractivity (Wildman–Crippen MR) is 65.1 cm³/mol. The molecule has 0 spiro atoms. The summed E-state index contributed by atoms with van der Waals surface area (Å²) >= 11 is 1.71. The Hall–Kier alpha value is -0.950. The number of aliphatic hydroxyl groups excluding tert-OH is 1. The average Bonchev–Trinajstić information content (AvgIpc) is 2.72. The van der Waals surface area contributed by atoms with E-state index in [-0.39, 0.29) is 6.04 Å². The van der Waals surface area contributed by atoms with Crippen LogP contribution in [0.1, 0.15) is 19.3 Å². The first kappa shape index (κ1) is 14.1. The van der Waals surface area contributed by atoms with Crippen LogP contribution in [0, 0.1) is 0 Å². The van der Waals surface area contributed by atoms with Crippen molar-refractivity contribution < 1.29 is 19.8 Å². The van der Waals surface area contributed by atoms with Crippen molar-refractivity contribution in [3.05, 3.63) is 0 Å². The number of carboxylic acids is 1. The van der Waals surface area contributed by atoms with Crippen LogP contribution in [-0.2, 0) is 4.79 Å². The molecule has 2 unspecified atom stereocenters. The summed E-state index contributed by atoms with van der Waals surface area (Å²) in [4.78, 5) is 22.1. The number of carboxylic acid groups (broad SMARTS) is 1. The molecule has 1 aliphatic carbocycles. The summed E-state index contributed by atoms with van der Waals surface area (Å²) in [7, 11) is 0. The minimum atomic E-state index is -1.25. The van der Waals surface area contributed by atoms with Crippen molar-refractivity contribution in [3.63, 3.8) is 0 Å². The van der Waals surface area contributed by atoms with Gasteiger partial charge >= 0.3 is 12.0 Å². The molecule has 0 saturated heterocycles. The molecule has 1 saturated carbocycles. The van der Waals surface area contributed by atoms with Gasteiger partial charge in [0.05, 0.1) is 6.61 Å². The number of nitrogens with one attached hydrogen (secondary N) is 2. The number of amides is 2. The maximum Gasteiger partial charge on any atom is 0.328 e. The van der Waals surface area contributed by atoms with Crippen molar-refractivity contribution in [2.75, 3.05) is 12.9 Å². The van der Waals surface area contributed by atoms with Crippen LogP contribution in [0.5, 0.6) is 0 Å². The van der Waals surface area contributed by atoms with E-state index in [1.807, 2.05) is 6.26 Å². The standard InChI is InChI=1S/C10H18N2O4S/c1-17-8-4-2-3-6(8)11-10(16)12-7(5-13)9(14)15/h6-8,13H,2-5H2,1H3,(H,14,15)(H2,11,12,16)/t6?,7-,8?/m1/s1. The fourth-order valence-corrected chi connectivity index (χ4v) is 2.86. The Morgan fingerprint density at radius 1 is 1.47 bits per heavy atom. The van der Waals surface area contributed by atoms with Crippen LogP contribution in [0.4, 0.5) is 4.79 Å². The summed E-state index contributed by atoms with van der Waals surface area (Å²) in [5.41, 5.74) is 0. The molecule has 7 heteroatoms. The Morgan fingerprint density at radius 2 is 2.18 bits per heavy atom. The van der Waals surface area contributed by atoms with Gasteiger partial charge in [-0.25, -0.2) is 9.59 Å². The molecule has 1 rings (SSSR count). The first-order valence-electron chi connectivity index (χ1n) is 5.52. The molecule has 98 valence electrons. The maximum atomic E-state index is 11.5. The lowest BCUT2D eigenvalue weighted by molar-refractivity contribution is -0.140. The highest BCUT2D eigenvalue weighted by Crippen LogP contribution is 2.28. The summed E-state index contributed by atoms with van der Waals surface area (Å²) in [5.74, 6) is -1.24. The van der Waals surface area contributed by atoms with Gasteiger partial charge in [0.25, 0.3) is 0 Å². The summed E-state index contributed by atoms with van der Waals surface area (Å²) < 4.78 is 0. The van der Waals surface area contributed by atoms with E-state index in [2.05, 4.69) is 10.6 Å². The molecule has 1 aliphatic rings. The minimum absolute atomic E-state index is 0.0816. The quantitative estimate of drug-likeness (QED) is 0.559. The largest absolute Gasteiger partial charge is 0.480 e. The average molecular weight is 262 g/mol. The second kappa shape index (κ2) is 6.70. The fourth-order valence-electron chi connectivity index (χ4n) is 1.93. The van der Waals surface area contributed by atoms with Gasteiger partial charge < -0.3 is 20.8 Å². The number of thioether (sulfide) groups is 1. The summed E-state index contributed by atoms with van der Waals surface area (Å²) in [5, 5.41) is 22.8. The van der Waals surface area contributed by atoms with E-state index in [0.29, 0.717) is 5.25 Å². The van der Waals surface area contributed by atoms with Crippen molar-refractivity contribution in [1.29, 1.82) is 0 Å². The first-order chi connectivity index (χ1) is 8.08. The van der Waals surface area contributed by atoms with E-state index in [1.165, 1.54) is 0 Å². The van der Waals surface area contributed by atoms with Crippen LogP contribution >= 0.6 is 11.8 Å². The van der Waals surface area contributed by atoms with E-state index in [9.17, 15) is 9.59 Å². The lowest BCUT2D eigenvalue weighted by Gasteiger charge is -2.20. The van der Waals surface area contributed by atoms with Gasteiger partial charge in [-0.05, 0) is 19.1 Å². The molecule has 17 heavy (non-hydrogen) atoms. The lowest BCUT2D eigenvalue weighted by Crippen LogP contribution is -2.51. The number of aliphatic carboxylic acids is 1. The van der Waals surface area contributed by atoms with Crippen LogP contribution in [0.25, 0.3) is 0 Å². The van der Waals surface area contributed by atoms with Crippen molar-refractivity contribution in [3.8, 4) is 0 Å². The Balaban J connectivity index is 2.41. The SMILES string of the molecule is CSC1CCCC1NC(=O)N[C@H](CO)C(=O)O. The molecule has 0 radical (unpaired) electrons. The van der Waals surface area contributed by atoms with Gasteiger partial charge in [-0.2, -0.15) is 11.8 Å². The molecular weight excluding hydrogens is 244 g/mol. The highest BCUT2D eigenvalue weighted by molar-refractivity contribution is 7.99. The zero-order valence-corrected chi connectivity index (χ0v) is 10.5. The van der Waals surface area contributed by atoms with Crippen LogP contribution in [0.2, 0.25) is 0 Å². The zero-order valence-electron chi connectivity index (χ0n) is 9.68. The molecule has 2 amide bonds. The Bertz CT molecular complexity index is 287. The number of hydrogen-bond donors (Lipinski definition) is 4. The van der Waals surface area contributed by atoms with Crippen molar-refractivity contribution in [2.24, 2.45) is 0 Å². The molecule has 0 aliphatic heterocycles. The Morgan fingerprint density at radius 3 is 2.71 bits per heavy atom. The third-order valence-corrected chi connectivity index (χ3v) is 4.03. The van der Waals surface area contributed by atoms with Crippen LogP contribution in [0.15, 0.2) is 0 Å². The van der Waals surface area contributed by atoms with Gasteiger partial charge in [0.15, 0.2) is 6.04 Å². The van der Waals surface area contributed by atoms with E-state index >= 15 is 0 Å². The van der Waals surface area contributed by atoms with Crippen LogP contribution < -0.4 is 10.6 Å². The highest BCUT2D eigenvalue weighted by Gasteiger charge is 2.28. The zero-order chi connectivity index (χ0) is 12.8. The van der Waals surface area contributed by atoms with Gasteiger partial charge in [0.2, 0.25) is 0 Å². The van der Waals surface area contributed by atoms with Gasteiger partial charge in [-0.15, -0.1) is 0 Å². The summed E-state index contributed by atoms with van der Waals surface area (Å²) in [6, 6.07) is -1.69. The number of rotatable bonds is 5. The lowest BCUT2D eigenvalue weighted by atomic mass is 10.2. The van der Waals surface area contributed by atoms with Gasteiger partial charge in [-0.3, -0.25) is 0 Å². The van der Waals surface area contributed by atoms with E-state index in [1.54, 1.807) is 11.8 Å². The highest BCUT2D eigenvalue weighted by atomic mass is 32.2. The molecule has 0 aromatic rings. The topological polar surface area (TPSA) is 98.7 Å². The van der Waals surface area contributed by atoms with Gasteiger partial charge in [-0.1, -0.05) is 6.42 Å². The molecule has 0 aromatic heterocycles. The number of carbonyl (C=O) groups is 2. The maximum absolute atomic E-state index is 11.5. The second-order valence-electron chi connectivity index (χ2n) is 4.00. The number of urea groups is 1. The molecular formula is C10H18N2O4S.